The maximum atomic E-state index is 11.5. The van der Waals surface area contributed by atoms with Crippen LogP contribution in [0, 0.1) is 0 Å². The molecular weight excluding hydrogens is 308 g/mol. The minimum absolute atomic E-state index is 0.214. The van der Waals surface area contributed by atoms with E-state index in [1.165, 1.54) is 18.4 Å². The van der Waals surface area contributed by atoms with Crippen molar-refractivity contribution >= 4 is 32.9 Å². The third kappa shape index (κ3) is 2.54. The number of halogens is 1. The van der Waals surface area contributed by atoms with Crippen molar-refractivity contribution in [2.45, 2.75) is 32.1 Å². The molecule has 3 rings (SSSR count). The van der Waals surface area contributed by atoms with Gasteiger partial charge in [0.15, 0.2) is 0 Å². The SMILES string of the molecule is O=C(CCBr)Oc1ccc2oc3c(c2c1)CCCC3. The first kappa shape index (κ1) is 12.7. The van der Waals surface area contributed by atoms with Crippen molar-refractivity contribution in [3.8, 4) is 5.75 Å². The number of carbonyl (C=O) groups is 1. The number of furan rings is 1. The van der Waals surface area contributed by atoms with Crippen LogP contribution in [0.2, 0.25) is 0 Å². The number of hydrogen-bond acceptors (Lipinski definition) is 3. The standard InChI is InChI=1S/C15H15BrO3/c16-8-7-15(17)18-10-5-6-14-12(9-10)11-3-1-2-4-13(11)19-14/h5-6,9H,1-4,7-8H2. The van der Waals surface area contributed by atoms with Crippen molar-refractivity contribution in [1.82, 2.24) is 0 Å². The van der Waals surface area contributed by atoms with Gasteiger partial charge in [0.2, 0.25) is 0 Å². The first-order valence-electron chi connectivity index (χ1n) is 6.59. The molecule has 1 aliphatic carbocycles. The molecule has 0 saturated carbocycles. The van der Waals surface area contributed by atoms with Crippen LogP contribution in [0.1, 0.15) is 30.6 Å². The number of hydrogen-bond donors (Lipinski definition) is 0. The maximum Gasteiger partial charge on any atom is 0.312 e. The van der Waals surface area contributed by atoms with Gasteiger partial charge in [-0.1, -0.05) is 15.9 Å². The van der Waals surface area contributed by atoms with Crippen molar-refractivity contribution < 1.29 is 13.9 Å². The second kappa shape index (κ2) is 5.37. The molecular formula is C15H15BrO3. The molecule has 0 radical (unpaired) electrons. The van der Waals surface area contributed by atoms with Crippen LogP contribution in [0.5, 0.6) is 5.75 Å². The molecule has 1 aromatic carbocycles. The van der Waals surface area contributed by atoms with Crippen molar-refractivity contribution in [1.29, 1.82) is 0 Å². The minimum Gasteiger partial charge on any atom is -0.461 e. The van der Waals surface area contributed by atoms with E-state index in [2.05, 4.69) is 15.9 Å². The van der Waals surface area contributed by atoms with Gasteiger partial charge < -0.3 is 9.15 Å². The second-order valence-corrected chi connectivity index (χ2v) is 5.57. The van der Waals surface area contributed by atoms with E-state index in [-0.39, 0.29) is 5.97 Å². The van der Waals surface area contributed by atoms with Gasteiger partial charge in [-0.15, -0.1) is 0 Å². The third-order valence-electron chi connectivity index (χ3n) is 3.46. The Morgan fingerprint density at radius 1 is 1.32 bits per heavy atom. The van der Waals surface area contributed by atoms with Crippen molar-refractivity contribution in [3.63, 3.8) is 0 Å². The maximum absolute atomic E-state index is 11.5. The zero-order chi connectivity index (χ0) is 13.2. The molecule has 4 heteroatoms. The van der Waals surface area contributed by atoms with Crippen molar-refractivity contribution in [3.05, 3.63) is 29.5 Å². The number of aryl methyl sites for hydroxylation is 2. The van der Waals surface area contributed by atoms with E-state index in [4.69, 9.17) is 9.15 Å². The van der Waals surface area contributed by atoms with Crippen LogP contribution in [0.4, 0.5) is 0 Å². The first-order valence-corrected chi connectivity index (χ1v) is 7.71. The number of rotatable bonds is 3. The Labute approximate surface area is 120 Å². The summed E-state index contributed by atoms with van der Waals surface area (Å²) in [6.07, 6.45) is 4.85. The average molecular weight is 323 g/mol. The van der Waals surface area contributed by atoms with E-state index in [1.807, 2.05) is 12.1 Å². The summed E-state index contributed by atoms with van der Waals surface area (Å²) >= 11 is 3.23. The van der Waals surface area contributed by atoms with E-state index in [0.717, 1.165) is 29.6 Å². The molecule has 100 valence electrons. The van der Waals surface area contributed by atoms with Crippen molar-refractivity contribution in [2.75, 3.05) is 5.33 Å². The van der Waals surface area contributed by atoms with Crippen molar-refractivity contribution in [2.24, 2.45) is 0 Å². The number of esters is 1. The lowest BCUT2D eigenvalue weighted by molar-refractivity contribution is -0.133. The highest BCUT2D eigenvalue weighted by Gasteiger charge is 2.18. The number of fused-ring (bicyclic) bond motifs is 3. The lowest BCUT2D eigenvalue weighted by Crippen LogP contribution is -2.07. The molecule has 0 saturated heterocycles. The fraction of sp³-hybridized carbons (Fsp3) is 0.400. The Bertz CT molecular complexity index is 615. The molecule has 19 heavy (non-hydrogen) atoms. The summed E-state index contributed by atoms with van der Waals surface area (Å²) in [6.45, 7) is 0. The van der Waals surface area contributed by atoms with Gasteiger partial charge in [-0.2, -0.15) is 0 Å². The van der Waals surface area contributed by atoms with E-state index < -0.39 is 0 Å². The van der Waals surface area contributed by atoms with Crippen LogP contribution in [0.15, 0.2) is 22.6 Å². The van der Waals surface area contributed by atoms with Gasteiger partial charge in [0.1, 0.15) is 17.1 Å². The predicted octanol–water partition coefficient (Wildman–Crippen LogP) is 4.00. The molecule has 0 amide bonds. The highest BCUT2D eigenvalue weighted by Crippen LogP contribution is 2.33. The Morgan fingerprint density at radius 2 is 2.16 bits per heavy atom. The van der Waals surface area contributed by atoms with Gasteiger partial charge in [-0.05, 0) is 37.5 Å². The number of benzene rings is 1. The van der Waals surface area contributed by atoms with Crippen LogP contribution >= 0.6 is 15.9 Å². The zero-order valence-corrected chi connectivity index (χ0v) is 12.2. The molecule has 3 nitrogen and oxygen atoms in total. The molecule has 0 bridgehead atoms. The molecule has 2 aromatic rings. The smallest absolute Gasteiger partial charge is 0.312 e. The lowest BCUT2D eigenvalue weighted by atomic mass is 9.96. The summed E-state index contributed by atoms with van der Waals surface area (Å²) in [7, 11) is 0. The topological polar surface area (TPSA) is 39.4 Å². The quantitative estimate of drug-likeness (QED) is 0.487. The van der Waals surface area contributed by atoms with Crippen LogP contribution in [-0.4, -0.2) is 11.3 Å². The lowest BCUT2D eigenvalue weighted by Gasteiger charge is -2.08. The average Bonchev–Trinajstić information content (AvgIpc) is 2.77. The summed E-state index contributed by atoms with van der Waals surface area (Å²) in [5, 5.41) is 1.72. The second-order valence-electron chi connectivity index (χ2n) is 4.78. The van der Waals surface area contributed by atoms with Crippen LogP contribution in [-0.2, 0) is 17.6 Å². The largest absolute Gasteiger partial charge is 0.461 e. The molecule has 0 fully saturated rings. The van der Waals surface area contributed by atoms with Gasteiger partial charge in [0, 0.05) is 22.7 Å². The molecule has 1 heterocycles. The zero-order valence-electron chi connectivity index (χ0n) is 10.6. The van der Waals surface area contributed by atoms with Gasteiger partial charge in [0.25, 0.3) is 0 Å². The Kier molecular flexibility index (Phi) is 3.60. The summed E-state index contributed by atoms with van der Waals surface area (Å²) in [5.74, 6) is 1.49. The number of ether oxygens (including phenoxy) is 1. The summed E-state index contributed by atoms with van der Waals surface area (Å²) in [5.41, 5.74) is 2.19. The predicted molar refractivity (Wildman–Crippen MR) is 76.9 cm³/mol. The van der Waals surface area contributed by atoms with E-state index in [1.54, 1.807) is 6.07 Å². The van der Waals surface area contributed by atoms with Gasteiger partial charge >= 0.3 is 5.97 Å². The van der Waals surface area contributed by atoms with E-state index in [9.17, 15) is 4.79 Å². The Morgan fingerprint density at radius 3 is 3.00 bits per heavy atom. The van der Waals surface area contributed by atoms with Crippen LogP contribution in [0.3, 0.4) is 0 Å². The molecule has 0 atom stereocenters. The van der Waals surface area contributed by atoms with E-state index >= 15 is 0 Å². The Hall–Kier alpha value is -1.29. The van der Waals surface area contributed by atoms with Gasteiger partial charge in [-0.3, -0.25) is 4.79 Å². The number of alkyl halides is 1. The normalized spacial score (nSPS) is 14.4. The third-order valence-corrected chi connectivity index (χ3v) is 3.85. The molecule has 0 aliphatic heterocycles. The van der Waals surface area contributed by atoms with Gasteiger partial charge in [0.05, 0.1) is 6.42 Å². The Balaban J connectivity index is 1.93. The first-order chi connectivity index (χ1) is 9.28. The molecule has 1 aliphatic rings. The highest BCUT2D eigenvalue weighted by molar-refractivity contribution is 9.09. The summed E-state index contributed by atoms with van der Waals surface area (Å²) in [4.78, 5) is 11.5. The highest BCUT2D eigenvalue weighted by atomic mass is 79.9. The molecule has 1 aromatic heterocycles. The summed E-state index contributed by atoms with van der Waals surface area (Å²) in [6, 6.07) is 5.61. The number of carbonyl (C=O) groups excluding carboxylic acids is 1. The fourth-order valence-electron chi connectivity index (χ4n) is 2.56. The monoisotopic (exact) mass is 322 g/mol. The van der Waals surface area contributed by atoms with Gasteiger partial charge in [-0.25, -0.2) is 0 Å². The van der Waals surface area contributed by atoms with E-state index in [0.29, 0.717) is 17.5 Å². The minimum atomic E-state index is -0.214. The molecule has 0 unspecified atom stereocenters. The molecule has 0 N–H and O–H groups in total. The molecule has 0 spiro atoms. The van der Waals surface area contributed by atoms with Crippen LogP contribution < -0.4 is 4.74 Å². The fourth-order valence-corrected chi connectivity index (χ4v) is 2.89. The summed E-state index contributed by atoms with van der Waals surface area (Å²) < 4.78 is 11.2. The van der Waals surface area contributed by atoms with Crippen LogP contribution in [0.25, 0.3) is 11.0 Å².